The number of nitrogens with zero attached hydrogens (tertiary/aromatic N) is 2. The zero-order valence-electron chi connectivity index (χ0n) is 34.0. The Hall–Kier alpha value is -8.20. The maximum absolute atomic E-state index is 2.45. The van der Waals surface area contributed by atoms with Crippen LogP contribution in [0.1, 0.15) is 0 Å². The van der Waals surface area contributed by atoms with E-state index in [1.807, 2.05) is 0 Å². The second kappa shape index (κ2) is 14.8. The van der Waals surface area contributed by atoms with Gasteiger partial charge in [-0.05, 0) is 111 Å². The molecule has 0 atom stereocenters. The van der Waals surface area contributed by atoms with E-state index in [2.05, 4.69) is 252 Å². The number of benzene rings is 10. The van der Waals surface area contributed by atoms with Crippen molar-refractivity contribution in [2.24, 2.45) is 0 Å². The van der Waals surface area contributed by atoms with Crippen LogP contribution in [0.2, 0.25) is 0 Å². The van der Waals surface area contributed by atoms with Crippen molar-refractivity contribution in [1.29, 1.82) is 0 Å². The van der Waals surface area contributed by atoms with E-state index < -0.39 is 0 Å². The van der Waals surface area contributed by atoms with Gasteiger partial charge in [-0.15, -0.1) is 0 Å². The van der Waals surface area contributed by atoms with Gasteiger partial charge in [-0.3, -0.25) is 0 Å². The van der Waals surface area contributed by atoms with E-state index in [1.54, 1.807) is 0 Å². The first kappa shape index (κ1) is 35.7. The topological polar surface area (TPSA) is 9.86 Å². The molecular formula is C60H40N2. The third-order valence-electron chi connectivity index (χ3n) is 12.5. The molecule has 10 aromatic carbocycles. The summed E-state index contributed by atoms with van der Waals surface area (Å²) in [7, 11) is 0. The first-order valence-corrected chi connectivity index (χ1v) is 21.3. The fraction of sp³-hybridized carbons (Fsp3) is 0. The van der Waals surface area contributed by atoms with Gasteiger partial charge in [0.1, 0.15) is 0 Å². The predicted molar refractivity (Wildman–Crippen MR) is 262 cm³/mol. The van der Waals surface area contributed by atoms with Crippen LogP contribution in [0, 0.1) is 0 Å². The maximum atomic E-state index is 2.45. The Labute approximate surface area is 360 Å². The van der Waals surface area contributed by atoms with Crippen molar-refractivity contribution in [2.75, 3.05) is 0 Å². The number of hydrogen-bond donors (Lipinski definition) is 0. The molecule has 0 saturated heterocycles. The number of rotatable bonds is 7. The van der Waals surface area contributed by atoms with Gasteiger partial charge in [-0.2, -0.15) is 0 Å². The van der Waals surface area contributed by atoms with Crippen LogP contribution >= 0.6 is 0 Å². The van der Waals surface area contributed by atoms with Gasteiger partial charge in [0.05, 0.1) is 27.8 Å². The lowest BCUT2D eigenvalue weighted by molar-refractivity contribution is 1.18. The summed E-state index contributed by atoms with van der Waals surface area (Å²) in [6.45, 7) is 0. The van der Waals surface area contributed by atoms with Crippen molar-refractivity contribution in [3.8, 4) is 67.0 Å². The zero-order valence-corrected chi connectivity index (χ0v) is 34.0. The summed E-state index contributed by atoms with van der Waals surface area (Å²) in [6, 6.07) is 88.3. The largest absolute Gasteiger partial charge is 0.309 e. The zero-order chi connectivity index (χ0) is 41.0. The summed E-state index contributed by atoms with van der Waals surface area (Å²) < 4.78 is 4.85. The van der Waals surface area contributed by atoms with Gasteiger partial charge in [0.25, 0.3) is 0 Å². The molecule has 0 unspecified atom stereocenters. The van der Waals surface area contributed by atoms with Crippen molar-refractivity contribution < 1.29 is 0 Å². The van der Waals surface area contributed by atoms with Crippen LogP contribution in [0.3, 0.4) is 0 Å². The number of aromatic nitrogens is 2. The number of hydrogen-bond acceptors (Lipinski definition) is 0. The van der Waals surface area contributed by atoms with E-state index in [0.29, 0.717) is 0 Å². The second-order valence-electron chi connectivity index (χ2n) is 16.1. The maximum Gasteiger partial charge on any atom is 0.0547 e. The minimum atomic E-state index is 1.16. The lowest BCUT2D eigenvalue weighted by atomic mass is 9.96. The van der Waals surface area contributed by atoms with Gasteiger partial charge in [0.15, 0.2) is 0 Å². The average Bonchev–Trinajstić information content (AvgIpc) is 3.87. The molecule has 0 aliphatic rings. The molecule has 0 fully saturated rings. The van der Waals surface area contributed by atoms with Gasteiger partial charge in [-0.1, -0.05) is 182 Å². The first-order valence-electron chi connectivity index (χ1n) is 21.3. The molecule has 2 heterocycles. The molecule has 12 aromatic rings. The standard InChI is InChI=1S/C60H40N2/c1-5-16-41(17-6-1)46-32-35-56(52(38-46)45-20-9-3-10-21-45)62-55-26-14-13-24-51(55)53-39-47(33-36-57(53)62)42-28-30-43(31-29-42)48-34-37-58-54(40-48)60-50(44-18-7-2-8-19-44)25-15-27-59(60)61(58)49-22-11-4-12-23-49/h1-40H. The average molecular weight is 789 g/mol. The molecule has 0 saturated carbocycles. The highest BCUT2D eigenvalue weighted by molar-refractivity contribution is 6.17. The van der Waals surface area contributed by atoms with Crippen LogP contribution in [-0.4, -0.2) is 9.13 Å². The van der Waals surface area contributed by atoms with Crippen LogP contribution in [0.4, 0.5) is 0 Å². The van der Waals surface area contributed by atoms with Gasteiger partial charge < -0.3 is 9.13 Å². The Morgan fingerprint density at radius 2 is 0.677 bits per heavy atom. The molecule has 0 bridgehead atoms. The quantitative estimate of drug-likeness (QED) is 0.152. The normalized spacial score (nSPS) is 11.5. The Balaban J connectivity index is 0.960. The second-order valence-corrected chi connectivity index (χ2v) is 16.1. The molecule has 2 aromatic heterocycles. The van der Waals surface area contributed by atoms with Crippen molar-refractivity contribution in [2.45, 2.75) is 0 Å². The molecular weight excluding hydrogens is 749 g/mol. The molecule has 62 heavy (non-hydrogen) atoms. The summed E-state index contributed by atoms with van der Waals surface area (Å²) in [6.07, 6.45) is 0. The Morgan fingerprint density at radius 3 is 1.34 bits per heavy atom. The van der Waals surface area contributed by atoms with Crippen molar-refractivity contribution in [1.82, 2.24) is 9.13 Å². The van der Waals surface area contributed by atoms with Gasteiger partial charge in [-0.25, -0.2) is 0 Å². The lowest BCUT2D eigenvalue weighted by Gasteiger charge is -2.16. The third-order valence-corrected chi connectivity index (χ3v) is 12.5. The highest BCUT2D eigenvalue weighted by Crippen LogP contribution is 2.42. The first-order chi connectivity index (χ1) is 30.8. The van der Waals surface area contributed by atoms with Crippen LogP contribution in [-0.2, 0) is 0 Å². The Bertz CT molecular complexity index is 3580. The van der Waals surface area contributed by atoms with Crippen molar-refractivity contribution in [3.63, 3.8) is 0 Å². The molecule has 0 aliphatic carbocycles. The van der Waals surface area contributed by atoms with Crippen LogP contribution in [0.5, 0.6) is 0 Å². The minimum absolute atomic E-state index is 1.16. The smallest absolute Gasteiger partial charge is 0.0547 e. The summed E-state index contributed by atoms with van der Waals surface area (Å²) in [5.41, 5.74) is 19.2. The van der Waals surface area contributed by atoms with Crippen LogP contribution < -0.4 is 0 Å². The molecule has 290 valence electrons. The molecule has 2 heteroatoms. The van der Waals surface area contributed by atoms with Crippen LogP contribution in [0.15, 0.2) is 243 Å². The van der Waals surface area contributed by atoms with Gasteiger partial charge >= 0.3 is 0 Å². The Morgan fingerprint density at radius 1 is 0.226 bits per heavy atom. The van der Waals surface area contributed by atoms with Gasteiger partial charge in [0.2, 0.25) is 0 Å². The highest BCUT2D eigenvalue weighted by Gasteiger charge is 2.19. The summed E-state index contributed by atoms with van der Waals surface area (Å²) in [5, 5.41) is 5.00. The van der Waals surface area contributed by atoms with E-state index in [4.69, 9.17) is 0 Å². The summed E-state index contributed by atoms with van der Waals surface area (Å²) in [4.78, 5) is 0. The molecule has 0 aliphatic heterocycles. The van der Waals surface area contributed by atoms with E-state index in [-0.39, 0.29) is 0 Å². The molecule has 0 amide bonds. The highest BCUT2D eigenvalue weighted by atomic mass is 15.0. The number of para-hydroxylation sites is 2. The van der Waals surface area contributed by atoms with E-state index >= 15 is 0 Å². The predicted octanol–water partition coefficient (Wildman–Crippen LogP) is 16.2. The molecule has 0 radical (unpaired) electrons. The van der Waals surface area contributed by atoms with E-state index in [9.17, 15) is 0 Å². The fourth-order valence-electron chi connectivity index (χ4n) is 9.62. The fourth-order valence-corrected chi connectivity index (χ4v) is 9.62. The third kappa shape index (κ3) is 5.96. The molecule has 0 spiro atoms. The Kier molecular flexibility index (Phi) is 8.53. The monoisotopic (exact) mass is 788 g/mol. The summed E-state index contributed by atoms with van der Waals surface area (Å²) in [5.74, 6) is 0. The van der Waals surface area contributed by atoms with Crippen molar-refractivity contribution >= 4 is 43.6 Å². The SMILES string of the molecule is c1ccc(-c2ccc(-n3c4ccccc4c4cc(-c5ccc(-c6ccc7c(c6)c6c(-c8ccccc8)cccc6n7-c6ccccc6)cc5)ccc43)c(-c3ccccc3)c2)cc1. The van der Waals surface area contributed by atoms with E-state index in [1.165, 1.54) is 105 Å². The summed E-state index contributed by atoms with van der Waals surface area (Å²) >= 11 is 0. The van der Waals surface area contributed by atoms with Gasteiger partial charge in [0, 0.05) is 32.8 Å². The van der Waals surface area contributed by atoms with Crippen LogP contribution in [0.25, 0.3) is 111 Å². The minimum Gasteiger partial charge on any atom is -0.309 e. The lowest BCUT2D eigenvalue weighted by Crippen LogP contribution is -1.98. The molecule has 12 rings (SSSR count). The van der Waals surface area contributed by atoms with E-state index in [0.717, 1.165) is 5.69 Å². The number of fused-ring (bicyclic) bond motifs is 6. The molecule has 0 N–H and O–H groups in total. The van der Waals surface area contributed by atoms with Crippen molar-refractivity contribution in [3.05, 3.63) is 243 Å². The molecule has 2 nitrogen and oxygen atoms in total.